The molecule has 0 bridgehead atoms. The fourth-order valence-corrected chi connectivity index (χ4v) is 1.76. The van der Waals surface area contributed by atoms with Crippen LogP contribution in [-0.4, -0.2) is 20.0 Å². The van der Waals surface area contributed by atoms with E-state index in [0.29, 0.717) is 13.0 Å². The van der Waals surface area contributed by atoms with Crippen LogP contribution in [0.3, 0.4) is 0 Å². The summed E-state index contributed by atoms with van der Waals surface area (Å²) in [5, 5.41) is 8.69. The van der Waals surface area contributed by atoms with Crippen LogP contribution >= 0.6 is 0 Å². The van der Waals surface area contributed by atoms with Gasteiger partial charge < -0.3 is 0 Å². The molecule has 92 valence electrons. The molecular weight excluding hydrogens is 236 g/mol. The number of hydrogen-bond donors (Lipinski definition) is 0. The van der Waals surface area contributed by atoms with Crippen LogP contribution in [-0.2, 0) is 13.0 Å². The summed E-state index contributed by atoms with van der Waals surface area (Å²) < 4.78 is 0. The molecule has 4 heteroatoms. The van der Waals surface area contributed by atoms with Gasteiger partial charge in [0.05, 0.1) is 12.1 Å². The van der Waals surface area contributed by atoms with E-state index in [0.717, 1.165) is 16.7 Å². The predicted molar refractivity (Wildman–Crippen MR) is 73.2 cm³/mol. The summed E-state index contributed by atoms with van der Waals surface area (Å²) in [6, 6.07) is 13.6. The van der Waals surface area contributed by atoms with E-state index in [1.807, 2.05) is 42.5 Å². The van der Waals surface area contributed by atoms with E-state index in [9.17, 15) is 0 Å². The lowest BCUT2D eigenvalue weighted by molar-refractivity contribution is 0.622. The third kappa shape index (κ3) is 2.78. The smallest absolute Gasteiger partial charge is 0.121 e. The first-order chi connectivity index (χ1) is 9.42. The molecule has 0 aliphatic carbocycles. The molecule has 0 fully saturated rings. The molecule has 0 saturated heterocycles. The van der Waals surface area contributed by atoms with Crippen molar-refractivity contribution in [3.8, 4) is 11.8 Å². The van der Waals surface area contributed by atoms with Crippen LogP contribution < -0.4 is 0 Å². The Morgan fingerprint density at radius 3 is 2.32 bits per heavy atom. The molecule has 0 unspecified atom stereocenters. The quantitative estimate of drug-likeness (QED) is 0.652. The predicted octanol–water partition coefficient (Wildman–Crippen LogP) is 2.07. The third-order valence-electron chi connectivity index (χ3n) is 2.67. The zero-order valence-corrected chi connectivity index (χ0v) is 10.3. The van der Waals surface area contributed by atoms with E-state index in [2.05, 4.69) is 27.0 Å². The molecule has 2 heterocycles. The highest BCUT2D eigenvalue weighted by molar-refractivity contribution is 5.72. The molecule has 0 N–H and O–H groups in total. The average Bonchev–Trinajstić information content (AvgIpc) is 2.87. The Kier molecular flexibility index (Phi) is 3.20. The number of nitrogens with zero attached hydrogens (tertiary/aromatic N) is 4. The highest BCUT2D eigenvalue weighted by atomic mass is 15.5. The maximum absolute atomic E-state index is 4.34. The molecule has 3 aromatic rings. The maximum Gasteiger partial charge on any atom is 0.121 e. The molecule has 0 spiro atoms. The van der Waals surface area contributed by atoms with Gasteiger partial charge in [-0.2, -0.15) is 15.0 Å². The second-order valence-electron chi connectivity index (χ2n) is 4.07. The molecule has 0 aliphatic heterocycles. The van der Waals surface area contributed by atoms with Gasteiger partial charge in [0, 0.05) is 6.20 Å². The molecule has 0 saturated carbocycles. The molecule has 1 aromatic carbocycles. The molecule has 0 atom stereocenters. The van der Waals surface area contributed by atoms with Gasteiger partial charge in [0.1, 0.15) is 17.6 Å². The van der Waals surface area contributed by atoms with Crippen LogP contribution in [0.1, 0.15) is 5.69 Å². The normalized spacial score (nSPS) is 10.1. The van der Waals surface area contributed by atoms with Crippen molar-refractivity contribution in [2.45, 2.75) is 13.0 Å². The summed E-state index contributed by atoms with van der Waals surface area (Å²) in [5.41, 5.74) is 2.77. The fourth-order valence-electron chi connectivity index (χ4n) is 1.76. The minimum atomic E-state index is 0.502. The number of hydrogen-bond acceptors (Lipinski definition) is 3. The van der Waals surface area contributed by atoms with E-state index in [1.54, 1.807) is 11.0 Å². The minimum absolute atomic E-state index is 0.502. The molecule has 0 radical (unpaired) electrons. The standard InChI is InChI=1S/C15H12N4/c1-2-10-15-14(9-1)17-19(18-15)12-6-4-8-13-7-3-5-11-16-13/h1-3,5,7,9-11H,8,12H2. The molecular formula is C15H12N4. The van der Waals surface area contributed by atoms with Crippen molar-refractivity contribution in [1.29, 1.82) is 0 Å². The topological polar surface area (TPSA) is 43.6 Å². The van der Waals surface area contributed by atoms with Gasteiger partial charge in [0.15, 0.2) is 0 Å². The third-order valence-corrected chi connectivity index (χ3v) is 2.67. The average molecular weight is 248 g/mol. The molecule has 4 nitrogen and oxygen atoms in total. The van der Waals surface area contributed by atoms with Gasteiger partial charge in [-0.15, -0.1) is 0 Å². The van der Waals surface area contributed by atoms with Crippen molar-refractivity contribution < 1.29 is 0 Å². The number of rotatable bonds is 2. The van der Waals surface area contributed by atoms with Crippen LogP contribution in [0.4, 0.5) is 0 Å². The summed E-state index contributed by atoms with van der Waals surface area (Å²) in [7, 11) is 0. The first-order valence-electron chi connectivity index (χ1n) is 6.07. The van der Waals surface area contributed by atoms with Crippen LogP contribution in [0.15, 0.2) is 48.7 Å². The van der Waals surface area contributed by atoms with E-state index >= 15 is 0 Å². The van der Waals surface area contributed by atoms with E-state index in [4.69, 9.17) is 0 Å². The number of pyridine rings is 1. The molecule has 3 rings (SSSR count). The molecule has 0 aliphatic rings. The lowest BCUT2D eigenvalue weighted by Crippen LogP contribution is -1.99. The van der Waals surface area contributed by atoms with Gasteiger partial charge in [0.25, 0.3) is 0 Å². The van der Waals surface area contributed by atoms with Gasteiger partial charge >= 0.3 is 0 Å². The largest absolute Gasteiger partial charge is 0.260 e. The lowest BCUT2D eigenvalue weighted by atomic mass is 10.3. The number of aromatic nitrogens is 4. The highest BCUT2D eigenvalue weighted by Crippen LogP contribution is 2.06. The van der Waals surface area contributed by atoms with E-state index < -0.39 is 0 Å². The van der Waals surface area contributed by atoms with Crippen molar-refractivity contribution in [3.63, 3.8) is 0 Å². The zero-order valence-electron chi connectivity index (χ0n) is 10.3. The summed E-state index contributed by atoms with van der Waals surface area (Å²) in [6.07, 6.45) is 2.43. The Labute approximate surface area is 111 Å². The summed E-state index contributed by atoms with van der Waals surface area (Å²) in [5.74, 6) is 6.14. The molecule has 19 heavy (non-hydrogen) atoms. The van der Waals surface area contributed by atoms with Crippen LogP contribution in [0.5, 0.6) is 0 Å². The first-order valence-corrected chi connectivity index (χ1v) is 6.07. The SMILES string of the molecule is C(#CCn1nc2ccccc2n1)Cc1ccccn1. The van der Waals surface area contributed by atoms with Gasteiger partial charge in [-0.05, 0) is 24.3 Å². The van der Waals surface area contributed by atoms with Gasteiger partial charge in [-0.1, -0.05) is 30.0 Å². The van der Waals surface area contributed by atoms with Crippen molar-refractivity contribution in [2.75, 3.05) is 0 Å². The molecule has 0 amide bonds. The monoisotopic (exact) mass is 248 g/mol. The summed E-state index contributed by atoms with van der Waals surface area (Å²) in [6.45, 7) is 0.502. The Bertz CT molecular complexity index is 702. The Hall–Kier alpha value is -2.67. The number of fused-ring (bicyclic) bond motifs is 1. The first kappa shape index (κ1) is 11.4. The lowest BCUT2D eigenvalue weighted by Gasteiger charge is -1.91. The second-order valence-corrected chi connectivity index (χ2v) is 4.07. The van der Waals surface area contributed by atoms with Gasteiger partial charge in [-0.3, -0.25) is 4.98 Å². The Balaban J connectivity index is 1.66. The zero-order chi connectivity index (χ0) is 12.9. The Morgan fingerprint density at radius 2 is 1.63 bits per heavy atom. The highest BCUT2D eigenvalue weighted by Gasteiger charge is 1.98. The van der Waals surface area contributed by atoms with Crippen LogP contribution in [0, 0.1) is 11.8 Å². The maximum atomic E-state index is 4.34. The summed E-state index contributed by atoms with van der Waals surface area (Å²) >= 11 is 0. The van der Waals surface area contributed by atoms with Gasteiger partial charge in [-0.25, -0.2) is 0 Å². The van der Waals surface area contributed by atoms with E-state index in [-0.39, 0.29) is 0 Å². The van der Waals surface area contributed by atoms with E-state index in [1.165, 1.54) is 0 Å². The van der Waals surface area contributed by atoms with Crippen LogP contribution in [0.25, 0.3) is 11.0 Å². The number of benzene rings is 1. The van der Waals surface area contributed by atoms with Crippen LogP contribution in [0.2, 0.25) is 0 Å². The van der Waals surface area contributed by atoms with Crippen molar-refractivity contribution >= 4 is 11.0 Å². The van der Waals surface area contributed by atoms with Crippen molar-refractivity contribution in [1.82, 2.24) is 20.0 Å². The minimum Gasteiger partial charge on any atom is -0.260 e. The summed E-state index contributed by atoms with van der Waals surface area (Å²) in [4.78, 5) is 5.84. The van der Waals surface area contributed by atoms with Crippen molar-refractivity contribution in [3.05, 3.63) is 54.4 Å². The fraction of sp³-hybridized carbons (Fsp3) is 0.133. The second kappa shape index (κ2) is 5.32. The van der Waals surface area contributed by atoms with Gasteiger partial charge in [0.2, 0.25) is 0 Å². The Morgan fingerprint density at radius 1 is 0.895 bits per heavy atom. The molecule has 2 aromatic heterocycles. The van der Waals surface area contributed by atoms with Crippen molar-refractivity contribution in [2.24, 2.45) is 0 Å².